The van der Waals surface area contributed by atoms with Gasteiger partial charge in [-0.25, -0.2) is 4.79 Å². The SMILES string of the molecule is CC/C=C\C/C=C\C/C=C\C/C=C\C/C=C\CCCC(=O)NC(CCCCC(=O)OC(C)(C)C)C(=O)OC. The second-order valence-corrected chi connectivity index (χ2v) is 10.1. The summed E-state index contributed by atoms with van der Waals surface area (Å²) < 4.78 is 10.1. The van der Waals surface area contributed by atoms with Crippen molar-refractivity contribution in [3.05, 3.63) is 60.8 Å². The molecule has 1 unspecified atom stereocenters. The van der Waals surface area contributed by atoms with E-state index in [-0.39, 0.29) is 18.3 Å². The molecule has 0 aromatic rings. The average molecular weight is 530 g/mol. The summed E-state index contributed by atoms with van der Waals surface area (Å²) in [6.07, 6.45) is 30.2. The predicted octanol–water partition coefficient (Wildman–Crippen LogP) is 7.47. The Hall–Kier alpha value is -2.89. The van der Waals surface area contributed by atoms with Crippen LogP contribution >= 0.6 is 0 Å². The third-order valence-electron chi connectivity index (χ3n) is 5.30. The van der Waals surface area contributed by atoms with Crippen molar-refractivity contribution in [2.75, 3.05) is 7.11 Å². The van der Waals surface area contributed by atoms with Gasteiger partial charge in [0.25, 0.3) is 0 Å². The molecule has 6 heteroatoms. The predicted molar refractivity (Wildman–Crippen MR) is 157 cm³/mol. The molecule has 0 aromatic heterocycles. The Morgan fingerprint density at radius 1 is 0.737 bits per heavy atom. The molecule has 0 saturated carbocycles. The number of amides is 1. The van der Waals surface area contributed by atoms with Gasteiger partial charge in [-0.15, -0.1) is 0 Å². The fourth-order valence-electron chi connectivity index (χ4n) is 3.42. The van der Waals surface area contributed by atoms with E-state index in [1.54, 1.807) is 0 Å². The van der Waals surface area contributed by atoms with Crippen LogP contribution in [0.1, 0.15) is 105 Å². The molecule has 6 nitrogen and oxygen atoms in total. The van der Waals surface area contributed by atoms with Crippen LogP contribution in [0.5, 0.6) is 0 Å². The van der Waals surface area contributed by atoms with Gasteiger partial charge in [-0.05, 0) is 78.6 Å². The zero-order chi connectivity index (χ0) is 28.5. The molecular weight excluding hydrogens is 478 g/mol. The number of carbonyl (C=O) groups is 3. The van der Waals surface area contributed by atoms with Crippen molar-refractivity contribution in [2.45, 2.75) is 116 Å². The largest absolute Gasteiger partial charge is 0.467 e. The molecule has 0 aliphatic heterocycles. The molecule has 0 saturated heterocycles. The van der Waals surface area contributed by atoms with Crippen LogP contribution in [0.2, 0.25) is 0 Å². The minimum Gasteiger partial charge on any atom is -0.467 e. The van der Waals surface area contributed by atoms with Gasteiger partial charge in [0.05, 0.1) is 7.11 Å². The second-order valence-electron chi connectivity index (χ2n) is 10.1. The second kappa shape index (κ2) is 23.2. The van der Waals surface area contributed by atoms with Crippen LogP contribution in [0.15, 0.2) is 60.8 Å². The van der Waals surface area contributed by atoms with E-state index in [1.165, 1.54) is 7.11 Å². The van der Waals surface area contributed by atoms with E-state index in [9.17, 15) is 14.4 Å². The minimum absolute atomic E-state index is 0.167. The fourth-order valence-corrected chi connectivity index (χ4v) is 3.42. The van der Waals surface area contributed by atoms with Crippen LogP contribution in [-0.2, 0) is 23.9 Å². The molecule has 38 heavy (non-hydrogen) atoms. The van der Waals surface area contributed by atoms with E-state index in [0.717, 1.165) is 38.5 Å². The molecule has 1 N–H and O–H groups in total. The zero-order valence-electron chi connectivity index (χ0n) is 24.4. The van der Waals surface area contributed by atoms with Gasteiger partial charge in [-0.2, -0.15) is 0 Å². The molecule has 0 rings (SSSR count). The van der Waals surface area contributed by atoms with Crippen LogP contribution < -0.4 is 5.32 Å². The minimum atomic E-state index is -0.695. The lowest BCUT2D eigenvalue weighted by Gasteiger charge is -2.19. The molecular formula is C32H51NO5. The smallest absolute Gasteiger partial charge is 0.328 e. The number of nitrogens with one attached hydrogen (secondary N) is 1. The van der Waals surface area contributed by atoms with Crippen molar-refractivity contribution in [3.63, 3.8) is 0 Å². The number of rotatable bonds is 20. The van der Waals surface area contributed by atoms with E-state index in [4.69, 9.17) is 9.47 Å². The van der Waals surface area contributed by atoms with Crippen LogP contribution in [0.4, 0.5) is 0 Å². The lowest BCUT2D eigenvalue weighted by Crippen LogP contribution is -2.41. The number of allylic oxidation sites excluding steroid dienone is 10. The topological polar surface area (TPSA) is 81.7 Å². The Morgan fingerprint density at radius 3 is 1.76 bits per heavy atom. The maximum atomic E-state index is 12.3. The van der Waals surface area contributed by atoms with Crippen molar-refractivity contribution in [3.8, 4) is 0 Å². The van der Waals surface area contributed by atoms with Crippen LogP contribution in [0.25, 0.3) is 0 Å². The number of hydrogen-bond acceptors (Lipinski definition) is 5. The molecule has 0 heterocycles. The summed E-state index contributed by atoms with van der Waals surface area (Å²) in [6.45, 7) is 7.63. The Labute approximate surface area is 231 Å². The van der Waals surface area contributed by atoms with Gasteiger partial charge in [0.15, 0.2) is 0 Å². The lowest BCUT2D eigenvalue weighted by atomic mass is 10.1. The summed E-state index contributed by atoms with van der Waals surface area (Å²) in [7, 11) is 1.31. The van der Waals surface area contributed by atoms with Crippen molar-refractivity contribution in [2.24, 2.45) is 0 Å². The highest BCUT2D eigenvalue weighted by atomic mass is 16.6. The average Bonchev–Trinajstić information content (AvgIpc) is 2.86. The Morgan fingerprint density at radius 2 is 1.26 bits per heavy atom. The van der Waals surface area contributed by atoms with Gasteiger partial charge >= 0.3 is 11.9 Å². The van der Waals surface area contributed by atoms with Gasteiger partial charge in [0.2, 0.25) is 5.91 Å². The zero-order valence-corrected chi connectivity index (χ0v) is 24.4. The summed E-state index contributed by atoms with van der Waals surface area (Å²) in [5.74, 6) is -0.889. The maximum absolute atomic E-state index is 12.3. The molecule has 0 spiro atoms. The molecule has 0 aromatic carbocycles. The molecule has 0 radical (unpaired) electrons. The van der Waals surface area contributed by atoms with Crippen molar-refractivity contribution in [1.82, 2.24) is 5.32 Å². The highest BCUT2D eigenvalue weighted by molar-refractivity contribution is 5.84. The van der Waals surface area contributed by atoms with Crippen LogP contribution in [-0.4, -0.2) is 36.6 Å². The third-order valence-corrected chi connectivity index (χ3v) is 5.30. The first-order chi connectivity index (χ1) is 18.2. The van der Waals surface area contributed by atoms with Gasteiger partial charge in [-0.1, -0.05) is 74.1 Å². The number of carbonyl (C=O) groups excluding carboxylic acids is 3. The van der Waals surface area contributed by atoms with Gasteiger partial charge in [0.1, 0.15) is 11.6 Å². The quantitative estimate of drug-likeness (QED) is 0.100. The molecule has 214 valence electrons. The first-order valence-electron chi connectivity index (χ1n) is 14.0. The summed E-state index contributed by atoms with van der Waals surface area (Å²) in [4.78, 5) is 36.1. The van der Waals surface area contributed by atoms with E-state index < -0.39 is 17.6 Å². The van der Waals surface area contributed by atoms with Crippen molar-refractivity contribution < 1.29 is 23.9 Å². The van der Waals surface area contributed by atoms with E-state index >= 15 is 0 Å². The van der Waals surface area contributed by atoms with Crippen molar-refractivity contribution >= 4 is 17.8 Å². The number of ether oxygens (including phenoxy) is 2. The number of unbranched alkanes of at least 4 members (excludes halogenated alkanes) is 2. The summed E-state index contributed by atoms with van der Waals surface area (Å²) in [5.41, 5.74) is -0.508. The first-order valence-corrected chi connectivity index (χ1v) is 14.0. The molecule has 0 aliphatic carbocycles. The summed E-state index contributed by atoms with van der Waals surface area (Å²) in [6, 6.07) is -0.695. The Bertz CT molecular complexity index is 799. The number of esters is 2. The van der Waals surface area contributed by atoms with Gasteiger partial charge in [-0.3, -0.25) is 9.59 Å². The normalized spacial score (nSPS) is 13.3. The Kier molecular flexibility index (Phi) is 21.5. The molecule has 1 amide bonds. The molecule has 0 bridgehead atoms. The van der Waals surface area contributed by atoms with Crippen LogP contribution in [0, 0.1) is 0 Å². The highest BCUT2D eigenvalue weighted by Gasteiger charge is 2.21. The first kappa shape index (κ1) is 35.1. The summed E-state index contributed by atoms with van der Waals surface area (Å²) in [5, 5.41) is 2.77. The number of hydrogen-bond donors (Lipinski definition) is 1. The molecule has 0 aliphatic rings. The lowest BCUT2D eigenvalue weighted by molar-refractivity contribution is -0.155. The van der Waals surface area contributed by atoms with Gasteiger partial charge in [0, 0.05) is 12.8 Å². The maximum Gasteiger partial charge on any atom is 0.328 e. The summed E-state index contributed by atoms with van der Waals surface area (Å²) >= 11 is 0. The fraction of sp³-hybridized carbons (Fsp3) is 0.594. The van der Waals surface area contributed by atoms with Crippen molar-refractivity contribution in [1.29, 1.82) is 0 Å². The molecule has 0 fully saturated rings. The number of methoxy groups -OCH3 is 1. The van der Waals surface area contributed by atoms with Crippen LogP contribution in [0.3, 0.4) is 0 Å². The highest BCUT2D eigenvalue weighted by Crippen LogP contribution is 2.12. The standard InChI is InChI=1S/C32H51NO5/c1-6-7-8-9-10-11-12-13-14-15-16-17-18-19-20-21-22-26-29(34)33-28(31(36)37-5)25-23-24-27-30(35)38-32(2,3)4/h7-8,10-11,13-14,16-17,19-20,28H,6,9,12,15,18,21-27H2,1-5H3,(H,33,34)/b8-7-,11-10-,14-13-,17-16-,20-19-. The van der Waals surface area contributed by atoms with E-state index in [0.29, 0.717) is 32.1 Å². The van der Waals surface area contributed by atoms with E-state index in [1.807, 2.05) is 20.8 Å². The third kappa shape index (κ3) is 23.5. The van der Waals surface area contributed by atoms with E-state index in [2.05, 4.69) is 73.0 Å². The van der Waals surface area contributed by atoms with Gasteiger partial charge < -0.3 is 14.8 Å². The Balaban J connectivity index is 4.04. The molecule has 1 atom stereocenters. The monoisotopic (exact) mass is 529 g/mol.